The Balaban J connectivity index is 1.65. The molecular formula is C14H12Cl2N2O2S. The maximum absolute atomic E-state index is 12.4. The number of benzene rings is 1. The predicted molar refractivity (Wildman–Crippen MR) is 83.5 cm³/mol. The molecule has 1 aromatic heterocycles. The highest BCUT2D eigenvalue weighted by Gasteiger charge is 2.28. The minimum absolute atomic E-state index is 0.0112. The van der Waals surface area contributed by atoms with E-state index in [9.17, 15) is 4.79 Å². The summed E-state index contributed by atoms with van der Waals surface area (Å²) >= 11 is 13.3. The SMILES string of the molecule is O=C(c1ccc(Cl)c(Cl)c1)N1CCC(Oc2nccs2)C1. The van der Waals surface area contributed by atoms with Crippen molar-refractivity contribution >= 4 is 40.4 Å². The fourth-order valence-electron chi connectivity index (χ4n) is 2.23. The summed E-state index contributed by atoms with van der Waals surface area (Å²) < 4.78 is 5.74. The number of thiazole rings is 1. The molecule has 4 nitrogen and oxygen atoms in total. The zero-order valence-electron chi connectivity index (χ0n) is 11.0. The van der Waals surface area contributed by atoms with Gasteiger partial charge < -0.3 is 9.64 Å². The van der Waals surface area contributed by atoms with Crippen molar-refractivity contribution in [2.24, 2.45) is 0 Å². The summed E-state index contributed by atoms with van der Waals surface area (Å²) in [6.07, 6.45) is 2.49. The molecule has 1 aliphatic rings. The Hall–Kier alpha value is -1.30. The highest BCUT2D eigenvalue weighted by Crippen LogP contribution is 2.25. The number of amides is 1. The average Bonchev–Trinajstić information content (AvgIpc) is 3.13. The molecule has 1 unspecified atom stereocenters. The Kier molecular flexibility index (Phi) is 4.33. The molecule has 0 radical (unpaired) electrons. The molecule has 1 fully saturated rings. The second-order valence-corrected chi connectivity index (χ2v) is 6.38. The molecule has 1 saturated heterocycles. The lowest BCUT2D eigenvalue weighted by molar-refractivity contribution is 0.0772. The van der Waals surface area contributed by atoms with E-state index in [2.05, 4.69) is 4.98 Å². The molecule has 1 aromatic carbocycles. The second kappa shape index (κ2) is 6.22. The summed E-state index contributed by atoms with van der Waals surface area (Å²) in [4.78, 5) is 18.3. The third-order valence-electron chi connectivity index (χ3n) is 3.28. The summed E-state index contributed by atoms with van der Waals surface area (Å²) in [6.45, 7) is 1.22. The Morgan fingerprint density at radius 2 is 2.24 bits per heavy atom. The van der Waals surface area contributed by atoms with Gasteiger partial charge in [-0.15, -0.1) is 0 Å². The number of hydrogen-bond acceptors (Lipinski definition) is 4. The molecule has 0 spiro atoms. The largest absolute Gasteiger partial charge is 0.465 e. The number of rotatable bonds is 3. The van der Waals surface area contributed by atoms with Crippen molar-refractivity contribution in [2.45, 2.75) is 12.5 Å². The molecule has 0 N–H and O–H groups in total. The van der Waals surface area contributed by atoms with E-state index in [1.807, 2.05) is 5.38 Å². The molecule has 0 aliphatic carbocycles. The third kappa shape index (κ3) is 3.31. The number of nitrogens with zero attached hydrogens (tertiary/aromatic N) is 2. The van der Waals surface area contributed by atoms with Crippen LogP contribution in [0.2, 0.25) is 10.0 Å². The summed E-state index contributed by atoms with van der Waals surface area (Å²) in [7, 11) is 0. The van der Waals surface area contributed by atoms with Crippen molar-refractivity contribution in [3.8, 4) is 5.19 Å². The standard InChI is InChI=1S/C14H12Cl2N2O2S/c15-11-2-1-9(7-12(11)16)13(19)18-5-3-10(8-18)20-14-17-4-6-21-14/h1-2,4,6-7,10H,3,5,8H2. The average molecular weight is 343 g/mol. The van der Waals surface area contributed by atoms with Gasteiger partial charge in [0.15, 0.2) is 0 Å². The monoisotopic (exact) mass is 342 g/mol. The topological polar surface area (TPSA) is 42.4 Å². The highest BCUT2D eigenvalue weighted by atomic mass is 35.5. The van der Waals surface area contributed by atoms with Crippen molar-refractivity contribution < 1.29 is 9.53 Å². The molecule has 21 heavy (non-hydrogen) atoms. The van der Waals surface area contributed by atoms with Crippen molar-refractivity contribution in [3.63, 3.8) is 0 Å². The van der Waals surface area contributed by atoms with Crippen LogP contribution >= 0.6 is 34.5 Å². The van der Waals surface area contributed by atoms with Crippen LogP contribution in [0.5, 0.6) is 5.19 Å². The van der Waals surface area contributed by atoms with Crippen LogP contribution in [0.25, 0.3) is 0 Å². The molecular weight excluding hydrogens is 331 g/mol. The van der Waals surface area contributed by atoms with Gasteiger partial charge in [0.05, 0.1) is 16.6 Å². The summed E-state index contributed by atoms with van der Waals surface area (Å²) in [6, 6.07) is 4.92. The normalized spacial score (nSPS) is 18.0. The van der Waals surface area contributed by atoms with E-state index in [-0.39, 0.29) is 12.0 Å². The number of hydrogen-bond donors (Lipinski definition) is 0. The van der Waals surface area contributed by atoms with Crippen molar-refractivity contribution in [2.75, 3.05) is 13.1 Å². The Bertz CT molecular complexity index is 648. The van der Waals surface area contributed by atoms with Crippen LogP contribution in [0.1, 0.15) is 16.8 Å². The van der Waals surface area contributed by atoms with E-state index in [0.29, 0.717) is 33.9 Å². The van der Waals surface area contributed by atoms with Crippen LogP contribution in [0.15, 0.2) is 29.8 Å². The number of aromatic nitrogens is 1. The summed E-state index contributed by atoms with van der Waals surface area (Å²) in [5, 5.41) is 3.34. The van der Waals surface area contributed by atoms with E-state index in [1.165, 1.54) is 11.3 Å². The lowest BCUT2D eigenvalue weighted by atomic mass is 10.2. The lowest BCUT2D eigenvalue weighted by Crippen LogP contribution is -2.30. The number of carbonyl (C=O) groups is 1. The number of halogens is 2. The quantitative estimate of drug-likeness (QED) is 0.853. The van der Waals surface area contributed by atoms with Crippen LogP contribution in [-0.2, 0) is 0 Å². The maximum Gasteiger partial charge on any atom is 0.273 e. The molecule has 0 bridgehead atoms. The van der Waals surface area contributed by atoms with Crippen LogP contribution in [0, 0.1) is 0 Å². The van der Waals surface area contributed by atoms with E-state index in [1.54, 1.807) is 29.3 Å². The molecule has 3 rings (SSSR count). The maximum atomic E-state index is 12.4. The summed E-state index contributed by atoms with van der Waals surface area (Å²) in [5.74, 6) is -0.0567. The van der Waals surface area contributed by atoms with Crippen molar-refractivity contribution in [1.82, 2.24) is 9.88 Å². The lowest BCUT2D eigenvalue weighted by Gasteiger charge is -2.16. The number of likely N-dealkylation sites (tertiary alicyclic amines) is 1. The van der Waals surface area contributed by atoms with Gasteiger partial charge in [0.25, 0.3) is 11.1 Å². The summed E-state index contributed by atoms with van der Waals surface area (Å²) in [5.41, 5.74) is 0.541. The fourth-order valence-corrected chi connectivity index (χ4v) is 3.08. The minimum atomic E-state index is -0.0567. The third-order valence-corrected chi connectivity index (χ3v) is 4.68. The Labute approximate surface area is 136 Å². The zero-order valence-corrected chi connectivity index (χ0v) is 13.3. The molecule has 2 aromatic rings. The molecule has 1 atom stereocenters. The number of ether oxygens (including phenoxy) is 1. The van der Waals surface area contributed by atoms with Gasteiger partial charge in [-0.25, -0.2) is 4.98 Å². The Morgan fingerprint density at radius 3 is 2.95 bits per heavy atom. The van der Waals surface area contributed by atoms with Gasteiger partial charge in [-0.1, -0.05) is 34.5 Å². The first-order valence-corrected chi connectivity index (χ1v) is 8.07. The highest BCUT2D eigenvalue weighted by molar-refractivity contribution is 7.11. The smallest absolute Gasteiger partial charge is 0.273 e. The van der Waals surface area contributed by atoms with Gasteiger partial charge in [0.2, 0.25) is 0 Å². The minimum Gasteiger partial charge on any atom is -0.465 e. The first kappa shape index (κ1) is 14.6. The van der Waals surface area contributed by atoms with Gasteiger partial charge in [0, 0.05) is 30.1 Å². The van der Waals surface area contributed by atoms with Crippen molar-refractivity contribution in [3.05, 3.63) is 45.4 Å². The molecule has 7 heteroatoms. The fraction of sp³-hybridized carbons (Fsp3) is 0.286. The van der Waals surface area contributed by atoms with Crippen LogP contribution in [-0.4, -0.2) is 35.0 Å². The first-order valence-electron chi connectivity index (χ1n) is 6.44. The van der Waals surface area contributed by atoms with Crippen LogP contribution < -0.4 is 4.74 Å². The number of carbonyl (C=O) groups excluding carboxylic acids is 1. The molecule has 1 amide bonds. The van der Waals surface area contributed by atoms with Gasteiger partial charge in [0.1, 0.15) is 6.10 Å². The first-order chi connectivity index (χ1) is 10.1. The molecule has 110 valence electrons. The van der Waals surface area contributed by atoms with E-state index in [4.69, 9.17) is 27.9 Å². The van der Waals surface area contributed by atoms with Crippen LogP contribution in [0.4, 0.5) is 0 Å². The molecule has 1 aliphatic heterocycles. The Morgan fingerprint density at radius 1 is 1.38 bits per heavy atom. The van der Waals surface area contributed by atoms with E-state index >= 15 is 0 Å². The van der Waals surface area contributed by atoms with Gasteiger partial charge in [-0.3, -0.25) is 4.79 Å². The van der Waals surface area contributed by atoms with Gasteiger partial charge >= 0.3 is 0 Å². The molecule has 2 heterocycles. The van der Waals surface area contributed by atoms with Crippen LogP contribution in [0.3, 0.4) is 0 Å². The molecule has 0 saturated carbocycles. The van der Waals surface area contributed by atoms with Crippen molar-refractivity contribution in [1.29, 1.82) is 0 Å². The van der Waals surface area contributed by atoms with E-state index in [0.717, 1.165) is 6.42 Å². The van der Waals surface area contributed by atoms with Gasteiger partial charge in [-0.05, 0) is 18.2 Å². The predicted octanol–water partition coefficient (Wildman–Crippen LogP) is 3.74. The van der Waals surface area contributed by atoms with E-state index < -0.39 is 0 Å². The van der Waals surface area contributed by atoms with Gasteiger partial charge in [-0.2, -0.15) is 0 Å². The zero-order chi connectivity index (χ0) is 14.8. The second-order valence-electron chi connectivity index (χ2n) is 4.71.